The van der Waals surface area contributed by atoms with Gasteiger partial charge >= 0.3 is 6.61 Å². The lowest BCUT2D eigenvalue weighted by Gasteiger charge is -2.19. The zero-order valence-corrected chi connectivity index (χ0v) is 11.9. The normalized spacial score (nSPS) is 17.9. The Kier molecular flexibility index (Phi) is 3.63. The molecule has 0 saturated heterocycles. The van der Waals surface area contributed by atoms with Gasteiger partial charge in [0.1, 0.15) is 5.75 Å². The fraction of sp³-hybridized carbons (Fsp3) is 0.400. The van der Waals surface area contributed by atoms with Crippen LogP contribution in [0.3, 0.4) is 0 Å². The molecule has 1 aromatic heterocycles. The molecule has 1 N–H and O–H groups in total. The largest absolute Gasteiger partial charge is 0.435 e. The van der Waals surface area contributed by atoms with Crippen LogP contribution >= 0.6 is 0 Å². The van der Waals surface area contributed by atoms with Crippen LogP contribution in [0.4, 0.5) is 8.78 Å². The van der Waals surface area contributed by atoms with E-state index in [1.54, 1.807) is 12.1 Å². The fourth-order valence-electron chi connectivity index (χ4n) is 2.87. The highest BCUT2D eigenvalue weighted by Gasteiger charge is 2.24. The Labute approximate surface area is 121 Å². The lowest BCUT2D eigenvalue weighted by molar-refractivity contribution is -0.0498. The number of nitrogens with zero attached hydrogens (tertiary/aromatic N) is 2. The van der Waals surface area contributed by atoms with Gasteiger partial charge in [0.15, 0.2) is 0 Å². The quantitative estimate of drug-likeness (QED) is 0.945. The molecule has 0 aliphatic carbocycles. The number of halogens is 2. The molecule has 3 rings (SSSR count). The molecule has 0 bridgehead atoms. The summed E-state index contributed by atoms with van der Waals surface area (Å²) in [6.45, 7) is 0.149. The Hall–Kier alpha value is -1.95. The molecule has 0 spiro atoms. The van der Waals surface area contributed by atoms with Gasteiger partial charge in [-0.3, -0.25) is 4.68 Å². The first kappa shape index (κ1) is 14.0. The molecule has 1 unspecified atom stereocenters. The number of nitrogens with one attached hydrogen (secondary N) is 1. The van der Waals surface area contributed by atoms with Gasteiger partial charge in [0.25, 0.3) is 0 Å². The monoisotopic (exact) mass is 293 g/mol. The minimum atomic E-state index is -2.81. The Morgan fingerprint density at radius 1 is 1.43 bits per heavy atom. The highest BCUT2D eigenvalue weighted by molar-refractivity contribution is 5.67. The van der Waals surface area contributed by atoms with Gasteiger partial charge in [-0.25, -0.2) is 0 Å². The van der Waals surface area contributed by atoms with Crippen molar-refractivity contribution in [2.24, 2.45) is 7.05 Å². The van der Waals surface area contributed by atoms with E-state index in [1.165, 1.54) is 11.6 Å². The van der Waals surface area contributed by atoms with Crippen molar-refractivity contribution < 1.29 is 13.5 Å². The van der Waals surface area contributed by atoms with Crippen LogP contribution in [0, 0.1) is 0 Å². The summed E-state index contributed by atoms with van der Waals surface area (Å²) in [6, 6.07) is 6.98. The molecule has 21 heavy (non-hydrogen) atoms. The van der Waals surface area contributed by atoms with Crippen molar-refractivity contribution in [3.8, 4) is 17.0 Å². The van der Waals surface area contributed by atoms with Gasteiger partial charge in [0.05, 0.1) is 11.4 Å². The van der Waals surface area contributed by atoms with Crippen molar-refractivity contribution in [1.29, 1.82) is 0 Å². The van der Waals surface area contributed by atoms with E-state index in [1.807, 2.05) is 17.8 Å². The van der Waals surface area contributed by atoms with Crippen LogP contribution in [-0.2, 0) is 13.5 Å². The lowest BCUT2D eigenvalue weighted by atomic mass is 9.97. The molecule has 0 amide bonds. The second-order valence-electron chi connectivity index (χ2n) is 5.17. The third-order valence-corrected chi connectivity index (χ3v) is 3.74. The van der Waals surface area contributed by atoms with Crippen LogP contribution < -0.4 is 10.1 Å². The molecule has 2 heterocycles. The number of rotatable bonds is 3. The van der Waals surface area contributed by atoms with E-state index < -0.39 is 6.61 Å². The molecular formula is C15H17F2N3O. The molecule has 1 aromatic carbocycles. The summed E-state index contributed by atoms with van der Waals surface area (Å²) >= 11 is 0. The van der Waals surface area contributed by atoms with Gasteiger partial charge in [-0.1, -0.05) is 12.1 Å². The first-order valence-corrected chi connectivity index (χ1v) is 6.90. The van der Waals surface area contributed by atoms with E-state index in [0.29, 0.717) is 0 Å². The predicted molar refractivity (Wildman–Crippen MR) is 75.4 cm³/mol. The first-order chi connectivity index (χ1) is 10.1. The molecule has 1 aliphatic rings. The minimum Gasteiger partial charge on any atom is -0.435 e. The molecular weight excluding hydrogens is 276 g/mol. The number of alkyl halides is 2. The molecule has 6 heteroatoms. The Bertz CT molecular complexity index is 654. The zero-order chi connectivity index (χ0) is 15.0. The molecule has 0 radical (unpaired) electrons. The first-order valence-electron chi connectivity index (χ1n) is 6.90. The van der Waals surface area contributed by atoms with E-state index in [2.05, 4.69) is 22.1 Å². The third-order valence-electron chi connectivity index (χ3n) is 3.74. The van der Waals surface area contributed by atoms with Crippen molar-refractivity contribution in [1.82, 2.24) is 15.1 Å². The summed E-state index contributed by atoms with van der Waals surface area (Å²) in [6.07, 6.45) is 0.878. The number of ether oxygens (including phenoxy) is 1. The van der Waals surface area contributed by atoms with Gasteiger partial charge in [-0.05, 0) is 32.0 Å². The molecule has 0 fully saturated rings. The number of hydrogen-bond donors (Lipinski definition) is 1. The van der Waals surface area contributed by atoms with E-state index in [9.17, 15) is 8.78 Å². The number of aryl methyl sites for hydroxylation is 1. The number of benzene rings is 1. The van der Waals surface area contributed by atoms with Crippen molar-refractivity contribution in [3.05, 3.63) is 35.5 Å². The Morgan fingerprint density at radius 3 is 3.00 bits per heavy atom. The van der Waals surface area contributed by atoms with E-state index in [0.717, 1.165) is 29.9 Å². The van der Waals surface area contributed by atoms with Crippen LogP contribution in [0.1, 0.15) is 24.2 Å². The van der Waals surface area contributed by atoms with E-state index in [4.69, 9.17) is 0 Å². The zero-order valence-electron chi connectivity index (χ0n) is 11.9. The fourth-order valence-corrected chi connectivity index (χ4v) is 2.87. The maximum Gasteiger partial charge on any atom is 0.387 e. The van der Waals surface area contributed by atoms with Crippen LogP contribution in [0.5, 0.6) is 5.75 Å². The molecule has 0 saturated carbocycles. The van der Waals surface area contributed by atoms with Gasteiger partial charge in [0, 0.05) is 24.2 Å². The molecule has 1 atom stereocenters. The molecule has 1 aliphatic heterocycles. The average Bonchev–Trinajstić information content (AvgIpc) is 2.76. The molecule has 2 aromatic rings. The van der Waals surface area contributed by atoms with Crippen molar-refractivity contribution in [2.45, 2.75) is 26.0 Å². The van der Waals surface area contributed by atoms with E-state index in [-0.39, 0.29) is 11.8 Å². The lowest BCUT2D eigenvalue weighted by Crippen LogP contribution is -2.27. The van der Waals surface area contributed by atoms with Crippen molar-refractivity contribution >= 4 is 0 Å². The number of aromatic nitrogens is 2. The summed E-state index contributed by atoms with van der Waals surface area (Å²) in [5.74, 6) is 0.166. The van der Waals surface area contributed by atoms with Gasteiger partial charge in [0.2, 0.25) is 0 Å². The van der Waals surface area contributed by atoms with Crippen molar-refractivity contribution in [3.63, 3.8) is 0 Å². The highest BCUT2D eigenvalue weighted by atomic mass is 19.3. The molecule has 4 nitrogen and oxygen atoms in total. The topological polar surface area (TPSA) is 39.1 Å². The third kappa shape index (κ3) is 2.63. The van der Waals surface area contributed by atoms with Gasteiger partial charge in [-0.2, -0.15) is 13.9 Å². The summed E-state index contributed by atoms with van der Waals surface area (Å²) in [4.78, 5) is 0. The highest BCUT2D eigenvalue weighted by Crippen LogP contribution is 2.33. The predicted octanol–water partition coefficient (Wildman–Crippen LogP) is 2.90. The number of hydrogen-bond acceptors (Lipinski definition) is 3. The standard InChI is InChI=1S/C15H17F2N3O/c1-9-13-12(6-7-18-9)14(20(2)19-13)10-4-3-5-11(8-10)21-15(16)17/h3-5,8-9,15,18H,6-7H2,1-2H3. The average molecular weight is 293 g/mol. The second kappa shape index (κ2) is 5.44. The Morgan fingerprint density at radius 2 is 2.24 bits per heavy atom. The summed E-state index contributed by atoms with van der Waals surface area (Å²) in [5.41, 5.74) is 4.02. The van der Waals surface area contributed by atoms with Crippen LogP contribution in [0.15, 0.2) is 24.3 Å². The SMILES string of the molecule is CC1NCCc2c1nn(C)c2-c1cccc(OC(F)F)c1. The maximum absolute atomic E-state index is 12.4. The molecule has 112 valence electrons. The second-order valence-corrected chi connectivity index (χ2v) is 5.17. The van der Waals surface area contributed by atoms with E-state index >= 15 is 0 Å². The summed E-state index contributed by atoms with van der Waals surface area (Å²) < 4.78 is 31.0. The van der Waals surface area contributed by atoms with Gasteiger partial charge < -0.3 is 10.1 Å². The van der Waals surface area contributed by atoms with Crippen LogP contribution in [0.2, 0.25) is 0 Å². The maximum atomic E-state index is 12.4. The van der Waals surface area contributed by atoms with Crippen LogP contribution in [0.25, 0.3) is 11.3 Å². The van der Waals surface area contributed by atoms with Crippen molar-refractivity contribution in [2.75, 3.05) is 6.54 Å². The number of fused-ring (bicyclic) bond motifs is 1. The van der Waals surface area contributed by atoms with Gasteiger partial charge in [-0.15, -0.1) is 0 Å². The smallest absolute Gasteiger partial charge is 0.387 e. The van der Waals surface area contributed by atoms with Crippen LogP contribution in [-0.4, -0.2) is 22.9 Å². The minimum absolute atomic E-state index is 0.166. The summed E-state index contributed by atoms with van der Waals surface area (Å²) in [7, 11) is 1.88. The summed E-state index contributed by atoms with van der Waals surface area (Å²) in [5, 5.41) is 7.93. The Balaban J connectivity index is 2.05.